The number of rotatable bonds is 6. The van der Waals surface area contributed by atoms with Gasteiger partial charge >= 0.3 is 5.97 Å². The largest absolute Gasteiger partial charge is 0.465 e. The minimum Gasteiger partial charge on any atom is -0.465 e. The van der Waals surface area contributed by atoms with Crippen molar-refractivity contribution in [3.8, 4) is 0 Å². The molecular formula is C19H20N2O5S. The first-order valence-corrected chi connectivity index (χ1v) is 9.91. The molecule has 1 aliphatic rings. The van der Waals surface area contributed by atoms with E-state index >= 15 is 0 Å². The molecule has 3 rings (SSSR count). The Hall–Kier alpha value is -2.87. The SMILES string of the molecule is COC(=O)c1ccc(C)c(S(=O)(=O)Nc2cccc(NC(=O)C3CC3)c2)c1. The Morgan fingerprint density at radius 2 is 1.78 bits per heavy atom. The molecule has 142 valence electrons. The molecule has 27 heavy (non-hydrogen) atoms. The van der Waals surface area contributed by atoms with Crippen LogP contribution in [0.1, 0.15) is 28.8 Å². The molecule has 0 atom stereocenters. The van der Waals surface area contributed by atoms with E-state index in [4.69, 9.17) is 0 Å². The van der Waals surface area contributed by atoms with E-state index in [0.29, 0.717) is 16.9 Å². The second-order valence-electron chi connectivity index (χ2n) is 6.42. The van der Waals surface area contributed by atoms with Crippen molar-refractivity contribution in [3.05, 3.63) is 53.6 Å². The lowest BCUT2D eigenvalue weighted by Crippen LogP contribution is -2.16. The van der Waals surface area contributed by atoms with Crippen LogP contribution in [0.5, 0.6) is 0 Å². The number of carbonyl (C=O) groups is 2. The summed E-state index contributed by atoms with van der Waals surface area (Å²) in [5.74, 6) is -0.623. The lowest BCUT2D eigenvalue weighted by molar-refractivity contribution is -0.117. The van der Waals surface area contributed by atoms with Crippen molar-refractivity contribution >= 4 is 33.3 Å². The van der Waals surface area contributed by atoms with Crippen molar-refractivity contribution in [2.45, 2.75) is 24.7 Å². The van der Waals surface area contributed by atoms with Crippen LogP contribution in [0, 0.1) is 12.8 Å². The summed E-state index contributed by atoms with van der Waals surface area (Å²) in [6.07, 6.45) is 1.77. The van der Waals surface area contributed by atoms with E-state index in [1.165, 1.54) is 19.2 Å². The molecule has 2 aromatic carbocycles. The van der Waals surface area contributed by atoms with Crippen LogP contribution in [-0.2, 0) is 19.6 Å². The van der Waals surface area contributed by atoms with E-state index in [-0.39, 0.29) is 22.3 Å². The number of benzene rings is 2. The predicted molar refractivity (Wildman–Crippen MR) is 101 cm³/mol. The lowest BCUT2D eigenvalue weighted by Gasteiger charge is -2.13. The molecule has 1 fully saturated rings. The maximum Gasteiger partial charge on any atom is 0.337 e. The average Bonchev–Trinajstić information content (AvgIpc) is 3.46. The zero-order valence-corrected chi connectivity index (χ0v) is 15.8. The highest BCUT2D eigenvalue weighted by Crippen LogP contribution is 2.30. The first-order chi connectivity index (χ1) is 12.8. The van der Waals surface area contributed by atoms with Crippen LogP contribution in [0.3, 0.4) is 0 Å². The van der Waals surface area contributed by atoms with Gasteiger partial charge in [-0.2, -0.15) is 0 Å². The van der Waals surface area contributed by atoms with Gasteiger partial charge in [-0.15, -0.1) is 0 Å². The molecule has 1 amide bonds. The number of hydrogen-bond acceptors (Lipinski definition) is 5. The Bertz CT molecular complexity index is 997. The Balaban J connectivity index is 1.84. The molecule has 0 heterocycles. The third kappa shape index (κ3) is 4.46. The van der Waals surface area contributed by atoms with Crippen LogP contribution >= 0.6 is 0 Å². The zero-order valence-electron chi connectivity index (χ0n) is 15.0. The third-order valence-electron chi connectivity index (χ3n) is 4.23. The van der Waals surface area contributed by atoms with Crippen molar-refractivity contribution in [1.29, 1.82) is 0 Å². The Labute approximate surface area is 157 Å². The van der Waals surface area contributed by atoms with Gasteiger partial charge in [0, 0.05) is 11.6 Å². The fraction of sp³-hybridized carbons (Fsp3) is 0.263. The third-order valence-corrected chi connectivity index (χ3v) is 5.75. The second kappa shape index (κ2) is 7.40. The van der Waals surface area contributed by atoms with E-state index in [2.05, 4.69) is 14.8 Å². The molecule has 1 aliphatic carbocycles. The van der Waals surface area contributed by atoms with Gasteiger partial charge < -0.3 is 10.1 Å². The number of methoxy groups -OCH3 is 1. The van der Waals surface area contributed by atoms with Gasteiger partial charge in [-0.25, -0.2) is 13.2 Å². The van der Waals surface area contributed by atoms with E-state index in [9.17, 15) is 18.0 Å². The molecule has 2 aromatic rings. The van der Waals surface area contributed by atoms with Crippen molar-refractivity contribution in [1.82, 2.24) is 0 Å². The molecule has 0 radical (unpaired) electrons. The highest BCUT2D eigenvalue weighted by atomic mass is 32.2. The van der Waals surface area contributed by atoms with Crippen LogP contribution < -0.4 is 10.0 Å². The molecule has 0 saturated heterocycles. The number of ether oxygens (including phenoxy) is 1. The maximum absolute atomic E-state index is 12.8. The number of amides is 1. The van der Waals surface area contributed by atoms with Gasteiger partial charge in [0.1, 0.15) is 0 Å². The van der Waals surface area contributed by atoms with Gasteiger partial charge in [0.15, 0.2) is 0 Å². The first-order valence-electron chi connectivity index (χ1n) is 8.43. The standard InChI is InChI=1S/C19H20N2O5S/c1-12-6-7-14(19(23)26-2)10-17(12)27(24,25)21-16-5-3-4-15(11-16)20-18(22)13-8-9-13/h3-7,10-11,13,21H,8-9H2,1-2H3,(H,20,22). The van der Waals surface area contributed by atoms with E-state index in [0.717, 1.165) is 12.8 Å². The molecular weight excluding hydrogens is 368 g/mol. The highest BCUT2D eigenvalue weighted by molar-refractivity contribution is 7.92. The van der Waals surface area contributed by atoms with Crippen molar-refractivity contribution in [2.75, 3.05) is 17.1 Å². The van der Waals surface area contributed by atoms with E-state index in [1.807, 2.05) is 0 Å². The summed E-state index contributed by atoms with van der Waals surface area (Å²) in [4.78, 5) is 23.5. The topological polar surface area (TPSA) is 102 Å². The normalized spacial score (nSPS) is 13.7. The summed E-state index contributed by atoms with van der Waals surface area (Å²) in [7, 11) is -2.70. The molecule has 0 bridgehead atoms. The predicted octanol–water partition coefficient (Wildman–Crippen LogP) is 2.93. The van der Waals surface area contributed by atoms with Crippen LogP contribution in [0.4, 0.5) is 11.4 Å². The van der Waals surface area contributed by atoms with Gasteiger partial charge in [0.2, 0.25) is 5.91 Å². The number of carbonyl (C=O) groups excluding carboxylic acids is 2. The minimum absolute atomic E-state index is 0.0159. The summed E-state index contributed by atoms with van der Waals surface area (Å²) in [6.45, 7) is 1.64. The molecule has 8 heteroatoms. The minimum atomic E-state index is -3.93. The molecule has 7 nitrogen and oxygen atoms in total. The number of sulfonamides is 1. The van der Waals surface area contributed by atoms with Crippen LogP contribution in [0.25, 0.3) is 0 Å². The van der Waals surface area contributed by atoms with Crippen LogP contribution in [0.15, 0.2) is 47.4 Å². The number of anilines is 2. The Morgan fingerprint density at radius 3 is 2.44 bits per heavy atom. The van der Waals surface area contributed by atoms with E-state index in [1.54, 1.807) is 37.3 Å². The summed E-state index contributed by atoms with van der Waals surface area (Å²) < 4.78 is 32.7. The van der Waals surface area contributed by atoms with Crippen molar-refractivity contribution < 1.29 is 22.7 Å². The molecule has 0 unspecified atom stereocenters. The quantitative estimate of drug-likeness (QED) is 0.741. The van der Waals surface area contributed by atoms with Crippen molar-refractivity contribution in [3.63, 3.8) is 0 Å². The summed E-state index contributed by atoms with van der Waals surface area (Å²) in [6, 6.07) is 10.8. The Morgan fingerprint density at radius 1 is 1.07 bits per heavy atom. The lowest BCUT2D eigenvalue weighted by atomic mass is 10.1. The average molecular weight is 388 g/mol. The summed E-state index contributed by atoms with van der Waals surface area (Å²) in [5, 5.41) is 2.78. The van der Waals surface area contributed by atoms with E-state index < -0.39 is 16.0 Å². The number of nitrogens with one attached hydrogen (secondary N) is 2. The van der Waals surface area contributed by atoms with Gasteiger partial charge in [-0.05, 0) is 55.7 Å². The van der Waals surface area contributed by atoms with Gasteiger partial charge in [-0.1, -0.05) is 12.1 Å². The Kier molecular flexibility index (Phi) is 5.18. The molecule has 2 N–H and O–H groups in total. The number of esters is 1. The van der Waals surface area contributed by atoms with Crippen molar-refractivity contribution in [2.24, 2.45) is 5.92 Å². The van der Waals surface area contributed by atoms with Crippen LogP contribution in [0.2, 0.25) is 0 Å². The highest BCUT2D eigenvalue weighted by Gasteiger charge is 2.29. The van der Waals surface area contributed by atoms with Gasteiger partial charge in [-0.3, -0.25) is 9.52 Å². The fourth-order valence-electron chi connectivity index (χ4n) is 2.59. The summed E-state index contributed by atoms with van der Waals surface area (Å²) >= 11 is 0. The fourth-order valence-corrected chi connectivity index (χ4v) is 3.92. The summed E-state index contributed by atoms with van der Waals surface area (Å²) in [5.41, 5.74) is 1.47. The number of aryl methyl sites for hydroxylation is 1. The molecule has 0 aliphatic heterocycles. The zero-order chi connectivity index (χ0) is 19.6. The smallest absolute Gasteiger partial charge is 0.337 e. The molecule has 0 spiro atoms. The first kappa shape index (κ1) is 18.9. The van der Waals surface area contributed by atoms with Gasteiger partial charge in [0.25, 0.3) is 10.0 Å². The molecule has 0 aromatic heterocycles. The van der Waals surface area contributed by atoms with Gasteiger partial charge in [0.05, 0.1) is 23.3 Å². The molecule has 1 saturated carbocycles. The monoisotopic (exact) mass is 388 g/mol. The second-order valence-corrected chi connectivity index (χ2v) is 8.07. The van der Waals surface area contributed by atoms with Crippen LogP contribution in [-0.4, -0.2) is 27.4 Å². The maximum atomic E-state index is 12.8. The number of hydrogen-bond donors (Lipinski definition) is 2.